The molecule has 0 aliphatic heterocycles. The largest absolute Gasteiger partial charge is 0.310 e. The average molecular weight is 1970 g/mol. The van der Waals surface area contributed by atoms with E-state index in [1.54, 1.807) is 0 Å². The van der Waals surface area contributed by atoms with Crippen LogP contribution in [0.15, 0.2) is 564 Å². The van der Waals surface area contributed by atoms with Crippen molar-refractivity contribution in [1.82, 2.24) is 13.7 Å². The van der Waals surface area contributed by atoms with Crippen LogP contribution in [0, 0.1) is 0 Å². The average Bonchev–Trinajstić information content (AvgIpc) is 1.58. The summed E-state index contributed by atoms with van der Waals surface area (Å²) in [6.45, 7) is 0. The quantitative estimate of drug-likeness (QED) is 0.0908. The monoisotopic (exact) mass is 1960 g/mol. The molecule has 0 saturated carbocycles. The molecule has 0 saturated heterocycles. The maximum Gasteiger partial charge on any atom is 0.0619 e. The minimum atomic E-state index is 0.681. The molecule has 0 aliphatic carbocycles. The van der Waals surface area contributed by atoms with Gasteiger partial charge in [-0.15, -0.1) is 0 Å². The molecular formula is C140H93Cl3N6. The first-order valence-electron chi connectivity index (χ1n) is 50.4. The van der Waals surface area contributed by atoms with Gasteiger partial charge in [0.1, 0.15) is 0 Å². The van der Waals surface area contributed by atoms with E-state index in [0.29, 0.717) is 15.1 Å². The van der Waals surface area contributed by atoms with Gasteiger partial charge in [-0.25, -0.2) is 0 Å². The molecule has 0 spiro atoms. The normalized spacial score (nSPS) is 11.5. The first kappa shape index (κ1) is 90.5. The van der Waals surface area contributed by atoms with Gasteiger partial charge in [-0.05, 0) is 275 Å². The van der Waals surface area contributed by atoms with E-state index in [9.17, 15) is 0 Å². The van der Waals surface area contributed by atoms with E-state index in [1.807, 2.05) is 36.4 Å². The number of para-hydroxylation sites is 5. The molecule has 0 unspecified atom stereocenters. The fourth-order valence-electron chi connectivity index (χ4n) is 22.0. The first-order valence-corrected chi connectivity index (χ1v) is 51.5. The van der Waals surface area contributed by atoms with Gasteiger partial charge in [0.05, 0.1) is 33.1 Å². The Morgan fingerprint density at radius 2 is 0.356 bits per heavy atom. The summed E-state index contributed by atoms with van der Waals surface area (Å²) in [7, 11) is 0. The predicted octanol–water partition coefficient (Wildman–Crippen LogP) is 40.8. The fraction of sp³-hybridized carbons (Fsp3) is 0. The first-order chi connectivity index (χ1) is 73.6. The lowest BCUT2D eigenvalue weighted by molar-refractivity contribution is 1.19. The minimum absolute atomic E-state index is 0.681. The fourth-order valence-corrected chi connectivity index (χ4v) is 22.7. The molecule has 0 radical (unpaired) electrons. The zero-order chi connectivity index (χ0) is 99.4. The van der Waals surface area contributed by atoms with E-state index in [2.05, 4.69) is 556 Å². The van der Waals surface area contributed by atoms with Crippen molar-refractivity contribution in [3.05, 3.63) is 579 Å². The molecule has 0 aliphatic rings. The van der Waals surface area contributed by atoms with Crippen LogP contribution in [0.3, 0.4) is 0 Å². The maximum atomic E-state index is 7.02. The number of rotatable bonds is 17. The van der Waals surface area contributed by atoms with Gasteiger partial charge in [0.15, 0.2) is 0 Å². The van der Waals surface area contributed by atoms with Crippen LogP contribution in [-0.2, 0) is 0 Å². The Bertz CT molecular complexity index is 9850. The van der Waals surface area contributed by atoms with Crippen LogP contribution in [-0.4, -0.2) is 13.7 Å². The number of aromatic nitrogens is 3. The lowest BCUT2D eigenvalue weighted by Gasteiger charge is -2.26. The van der Waals surface area contributed by atoms with Crippen LogP contribution >= 0.6 is 34.8 Å². The van der Waals surface area contributed by atoms with Crippen molar-refractivity contribution in [2.75, 3.05) is 14.7 Å². The van der Waals surface area contributed by atoms with Crippen molar-refractivity contribution in [2.24, 2.45) is 0 Å². The maximum absolute atomic E-state index is 7.02. The molecule has 0 atom stereocenters. The smallest absolute Gasteiger partial charge is 0.0619 e. The van der Waals surface area contributed by atoms with Gasteiger partial charge >= 0.3 is 0 Å². The van der Waals surface area contributed by atoms with Crippen LogP contribution < -0.4 is 14.7 Å². The highest BCUT2D eigenvalue weighted by molar-refractivity contribution is 6.32. The highest BCUT2D eigenvalue weighted by Gasteiger charge is 2.26. The second kappa shape index (κ2) is 39.2. The van der Waals surface area contributed by atoms with Crippen LogP contribution in [0.4, 0.5) is 51.2 Å². The Morgan fingerprint density at radius 3 is 0.671 bits per heavy atom. The Labute approximate surface area is 878 Å². The zero-order valence-electron chi connectivity index (χ0n) is 81.0. The number of benzene rings is 25. The van der Waals surface area contributed by atoms with Crippen molar-refractivity contribution >= 4 is 205 Å². The number of nitrogens with zero attached hydrogens (tertiary/aromatic N) is 6. The summed E-state index contributed by atoms with van der Waals surface area (Å²) in [6, 6.07) is 201. The van der Waals surface area contributed by atoms with Crippen molar-refractivity contribution in [3.63, 3.8) is 0 Å². The van der Waals surface area contributed by atoms with E-state index in [-0.39, 0.29) is 0 Å². The van der Waals surface area contributed by atoms with E-state index in [4.69, 9.17) is 34.8 Å². The zero-order valence-corrected chi connectivity index (χ0v) is 83.3. The van der Waals surface area contributed by atoms with Crippen molar-refractivity contribution < 1.29 is 0 Å². The van der Waals surface area contributed by atoms with Crippen LogP contribution in [0.25, 0.3) is 192 Å². The lowest BCUT2D eigenvalue weighted by atomic mass is 10.0. The predicted molar refractivity (Wildman–Crippen MR) is 636 cm³/mol. The molecule has 0 bridgehead atoms. The number of anilines is 9. The second-order valence-electron chi connectivity index (χ2n) is 37.9. The summed E-state index contributed by atoms with van der Waals surface area (Å²) in [5.74, 6) is 0. The van der Waals surface area contributed by atoms with Crippen LogP contribution in [0.5, 0.6) is 0 Å². The molecule has 3 heterocycles. The number of hydrogen-bond acceptors (Lipinski definition) is 3. The third-order valence-electron chi connectivity index (χ3n) is 28.9. The molecule has 9 heteroatoms. The Kier molecular flexibility index (Phi) is 23.8. The number of fused-ring (bicyclic) bond motifs is 17. The molecule has 0 amide bonds. The molecule has 0 fully saturated rings. The Hall–Kier alpha value is -18.5. The summed E-state index contributed by atoms with van der Waals surface area (Å²) in [6.07, 6.45) is 0. The van der Waals surface area contributed by atoms with Gasteiger partial charge in [-0.3, -0.25) is 0 Å². The van der Waals surface area contributed by atoms with E-state index >= 15 is 0 Å². The van der Waals surface area contributed by atoms with E-state index in [0.717, 1.165) is 118 Å². The second-order valence-corrected chi connectivity index (χ2v) is 39.2. The lowest BCUT2D eigenvalue weighted by Crippen LogP contribution is -2.10. The molecule has 28 aromatic rings. The highest BCUT2D eigenvalue weighted by Crippen LogP contribution is 2.49. The topological polar surface area (TPSA) is 24.5 Å². The summed E-state index contributed by atoms with van der Waals surface area (Å²) in [5.41, 5.74) is 31.2. The van der Waals surface area contributed by atoms with Gasteiger partial charge in [0, 0.05) is 132 Å². The molecule has 25 aromatic carbocycles. The highest BCUT2D eigenvalue weighted by atomic mass is 35.5. The van der Waals surface area contributed by atoms with E-state index in [1.165, 1.54) is 125 Å². The molecule has 3 aromatic heterocycles. The van der Waals surface area contributed by atoms with Crippen LogP contribution in [0.2, 0.25) is 15.1 Å². The van der Waals surface area contributed by atoms with Crippen LogP contribution in [0.1, 0.15) is 0 Å². The number of halogens is 3. The summed E-state index contributed by atoms with van der Waals surface area (Å²) < 4.78 is 7.31. The third kappa shape index (κ3) is 17.3. The minimum Gasteiger partial charge on any atom is -0.310 e. The van der Waals surface area contributed by atoms with Gasteiger partial charge in [0.25, 0.3) is 0 Å². The SMILES string of the molecule is Clc1cc(-c2ccc3c4ccc5ccccc5c4n(-c4ccc(-c5ccccc5)cc4)c3c2)cc(N(c2ccccc2)c2ccccc2)c1.Clc1cc(-c2ccc3c4ccc5ccccc5c4n(-c4ccc5ccccc5c4)c3c2)cc(N(c2ccccc2)c2ccc(-c3ccccc3)cc2)c1.Clc1cc(-c2ccc3c4ccc5ccccc5c4n(-c4ccc5ccccc5c4)c3c2)cc(N(c2ccccc2)c2ccccc2)c1. The molecule has 0 N–H and O–H groups in total. The standard InChI is InChI=1S/C50H33ClN2.C46H31ClN2.C44H29ClN2/c51-41-29-40(31-45(33-41)52(42-16-5-2-6-17-42)43-24-19-36(20-25-43)34-11-3-1-4-12-34)39-23-27-47-48-28-22-37-14-9-10-18-46(37)50(48)53(49(47)32-39)44-26-21-35-13-7-8-15-38(35)30-44;47-37-28-36(29-41(31-37)48(38-15-6-2-7-16-38)39-17-8-3-9-18-39)35-23-26-43-44-27-22-34-14-10-11-19-42(34)46(44)49(45(43)30-35)40-24-20-33(21-25-40)32-12-4-1-5-13-32;45-35-25-34(27-39(29-35)46(36-14-3-1-4-15-36)37-16-5-2-6-17-37)33-21-23-41-42-24-20-31-12-9-10-18-40(31)44(42)47(43(41)28-33)38-22-19-30-11-7-8-13-32(30)26-38/h1-33H;1-31H;1-29H. The van der Waals surface area contributed by atoms with Gasteiger partial charge in [0.2, 0.25) is 0 Å². The van der Waals surface area contributed by atoms with Crippen molar-refractivity contribution in [2.45, 2.75) is 0 Å². The Balaban J connectivity index is 0.000000113. The third-order valence-corrected chi connectivity index (χ3v) is 29.6. The summed E-state index contributed by atoms with van der Waals surface area (Å²) >= 11 is 20.9. The van der Waals surface area contributed by atoms with Crippen molar-refractivity contribution in [3.8, 4) is 72.7 Å². The Morgan fingerprint density at radius 1 is 0.128 bits per heavy atom. The van der Waals surface area contributed by atoms with Gasteiger partial charge in [-0.1, -0.05) is 417 Å². The molecule has 28 rings (SSSR count). The molecule has 149 heavy (non-hydrogen) atoms. The molecule has 6 nitrogen and oxygen atoms in total. The molecule has 704 valence electrons. The van der Waals surface area contributed by atoms with E-state index < -0.39 is 0 Å². The van der Waals surface area contributed by atoms with Gasteiger partial charge < -0.3 is 28.4 Å². The summed E-state index contributed by atoms with van der Waals surface area (Å²) in [4.78, 5) is 6.79. The number of hydrogen-bond donors (Lipinski definition) is 0. The van der Waals surface area contributed by atoms with Crippen molar-refractivity contribution in [1.29, 1.82) is 0 Å². The summed E-state index contributed by atoms with van der Waals surface area (Å²) in [5, 5.41) is 21.7. The van der Waals surface area contributed by atoms with Gasteiger partial charge in [-0.2, -0.15) is 0 Å². The molecular weight excluding hydrogens is 1870 g/mol.